The van der Waals surface area contributed by atoms with Gasteiger partial charge < -0.3 is 15.0 Å². The van der Waals surface area contributed by atoms with Crippen molar-refractivity contribution < 1.29 is 4.74 Å². The topological polar surface area (TPSA) is 56.3 Å². The molecule has 0 amide bonds. The van der Waals surface area contributed by atoms with E-state index in [1.165, 1.54) is 0 Å². The first-order valence-electron chi connectivity index (χ1n) is 6.60. The lowest BCUT2D eigenvalue weighted by molar-refractivity contribution is 0.0323. The molecule has 2 heterocycles. The maximum atomic E-state index is 6.18. The number of aromatic nitrogens is 2. The van der Waals surface area contributed by atoms with Crippen LogP contribution in [0.2, 0.25) is 0 Å². The number of hydrogen-bond donors (Lipinski definition) is 1. The van der Waals surface area contributed by atoms with E-state index in [0.29, 0.717) is 6.04 Å². The van der Waals surface area contributed by atoms with Crippen LogP contribution < -0.4 is 5.73 Å². The fourth-order valence-electron chi connectivity index (χ4n) is 2.40. The lowest BCUT2D eigenvalue weighted by Crippen LogP contribution is -2.40. The minimum Gasteiger partial charge on any atom is -0.379 e. The summed E-state index contributed by atoms with van der Waals surface area (Å²) in [6, 6.07) is 0.378. The number of nitrogens with two attached hydrogens (primary N) is 1. The highest BCUT2D eigenvalue weighted by molar-refractivity contribution is 5.11. The average molecular weight is 252 g/mol. The smallest absolute Gasteiger partial charge is 0.0951 e. The first kappa shape index (κ1) is 13.5. The summed E-state index contributed by atoms with van der Waals surface area (Å²) in [4.78, 5) is 6.67. The fraction of sp³-hybridized carbons (Fsp3) is 0.769. The zero-order valence-corrected chi connectivity index (χ0v) is 11.6. The molecule has 1 aliphatic rings. The maximum absolute atomic E-state index is 6.18. The summed E-state index contributed by atoms with van der Waals surface area (Å²) in [7, 11) is 0. The minimum atomic E-state index is -0.351. The van der Waals surface area contributed by atoms with Crippen LogP contribution in [0.3, 0.4) is 0 Å². The predicted molar refractivity (Wildman–Crippen MR) is 71.4 cm³/mol. The van der Waals surface area contributed by atoms with Crippen molar-refractivity contribution in [2.75, 3.05) is 32.8 Å². The van der Waals surface area contributed by atoms with E-state index in [9.17, 15) is 0 Å². The SMILES string of the molecule is CC(CN1CCOCC1)n1cncc1C(C)(C)N. The molecule has 1 aromatic heterocycles. The fourth-order valence-corrected chi connectivity index (χ4v) is 2.40. The summed E-state index contributed by atoms with van der Waals surface area (Å²) < 4.78 is 7.56. The summed E-state index contributed by atoms with van der Waals surface area (Å²) in [5.74, 6) is 0. The quantitative estimate of drug-likeness (QED) is 0.867. The summed E-state index contributed by atoms with van der Waals surface area (Å²) in [6.45, 7) is 11.0. The first-order valence-corrected chi connectivity index (χ1v) is 6.60. The highest BCUT2D eigenvalue weighted by Gasteiger charge is 2.22. The Morgan fingerprint density at radius 2 is 2.11 bits per heavy atom. The largest absolute Gasteiger partial charge is 0.379 e. The van der Waals surface area contributed by atoms with Crippen molar-refractivity contribution in [1.29, 1.82) is 0 Å². The molecule has 0 saturated carbocycles. The molecule has 0 spiro atoms. The molecule has 0 aliphatic carbocycles. The van der Waals surface area contributed by atoms with Crippen molar-refractivity contribution in [3.05, 3.63) is 18.2 Å². The molecule has 1 saturated heterocycles. The van der Waals surface area contributed by atoms with Gasteiger partial charge in [0.15, 0.2) is 0 Å². The van der Waals surface area contributed by atoms with Gasteiger partial charge in [0, 0.05) is 31.9 Å². The van der Waals surface area contributed by atoms with E-state index in [1.54, 1.807) is 0 Å². The van der Waals surface area contributed by atoms with Gasteiger partial charge >= 0.3 is 0 Å². The molecule has 18 heavy (non-hydrogen) atoms. The van der Waals surface area contributed by atoms with Crippen LogP contribution >= 0.6 is 0 Å². The zero-order valence-electron chi connectivity index (χ0n) is 11.6. The Kier molecular flexibility index (Phi) is 4.04. The highest BCUT2D eigenvalue weighted by Crippen LogP contribution is 2.21. The molecule has 102 valence electrons. The van der Waals surface area contributed by atoms with Gasteiger partial charge in [-0.15, -0.1) is 0 Å². The molecule has 5 heteroatoms. The van der Waals surface area contributed by atoms with Crippen molar-refractivity contribution in [2.45, 2.75) is 32.4 Å². The number of morpholine rings is 1. The molecule has 0 bridgehead atoms. The summed E-state index contributed by atoms with van der Waals surface area (Å²) in [5.41, 5.74) is 6.91. The Balaban J connectivity index is 2.04. The standard InChI is InChI=1S/C13H24N4O/c1-11(9-16-4-6-18-7-5-16)17-10-15-8-12(17)13(2,3)14/h8,10-11H,4-7,9,14H2,1-3H3. The first-order chi connectivity index (χ1) is 8.48. The second-order valence-corrected chi connectivity index (χ2v) is 5.67. The number of ether oxygens (including phenoxy) is 1. The van der Waals surface area contributed by atoms with Crippen LogP contribution in [0, 0.1) is 0 Å². The van der Waals surface area contributed by atoms with Crippen molar-refractivity contribution in [1.82, 2.24) is 14.5 Å². The number of hydrogen-bond acceptors (Lipinski definition) is 4. The van der Waals surface area contributed by atoms with Gasteiger partial charge in [-0.25, -0.2) is 4.98 Å². The molecule has 0 aromatic carbocycles. The van der Waals surface area contributed by atoms with Gasteiger partial charge in [0.25, 0.3) is 0 Å². The molecular formula is C13H24N4O. The molecule has 5 nitrogen and oxygen atoms in total. The van der Waals surface area contributed by atoms with Crippen LogP contribution in [0.1, 0.15) is 32.5 Å². The third kappa shape index (κ3) is 3.10. The molecule has 1 fully saturated rings. The van der Waals surface area contributed by atoms with E-state index < -0.39 is 0 Å². The second kappa shape index (κ2) is 5.38. The van der Waals surface area contributed by atoms with Gasteiger partial charge in [-0.1, -0.05) is 0 Å². The van der Waals surface area contributed by atoms with Crippen molar-refractivity contribution in [2.24, 2.45) is 5.73 Å². The third-order valence-corrected chi connectivity index (χ3v) is 3.43. The van der Waals surface area contributed by atoms with Gasteiger partial charge in [0.1, 0.15) is 0 Å². The average Bonchev–Trinajstić information content (AvgIpc) is 2.79. The van der Waals surface area contributed by atoms with E-state index in [0.717, 1.165) is 38.5 Å². The van der Waals surface area contributed by atoms with Crippen molar-refractivity contribution >= 4 is 0 Å². The maximum Gasteiger partial charge on any atom is 0.0951 e. The van der Waals surface area contributed by atoms with E-state index in [2.05, 4.69) is 21.4 Å². The van der Waals surface area contributed by atoms with Gasteiger partial charge in [-0.2, -0.15) is 0 Å². The number of rotatable bonds is 4. The Bertz CT molecular complexity index is 377. The van der Waals surface area contributed by atoms with Crippen LogP contribution in [0.5, 0.6) is 0 Å². The Morgan fingerprint density at radius 3 is 2.72 bits per heavy atom. The van der Waals surface area contributed by atoms with Gasteiger partial charge in [-0.05, 0) is 20.8 Å². The lowest BCUT2D eigenvalue weighted by Gasteiger charge is -2.31. The Labute approximate surface area is 109 Å². The van der Waals surface area contributed by atoms with Crippen LogP contribution in [0.25, 0.3) is 0 Å². The van der Waals surface area contributed by atoms with Gasteiger partial charge in [0.05, 0.1) is 30.8 Å². The van der Waals surface area contributed by atoms with E-state index in [1.807, 2.05) is 26.4 Å². The molecular weight excluding hydrogens is 228 g/mol. The normalized spacial score (nSPS) is 20.0. The highest BCUT2D eigenvalue weighted by atomic mass is 16.5. The van der Waals surface area contributed by atoms with Crippen molar-refractivity contribution in [3.8, 4) is 0 Å². The molecule has 1 aliphatic heterocycles. The van der Waals surface area contributed by atoms with Crippen molar-refractivity contribution in [3.63, 3.8) is 0 Å². The predicted octanol–water partition coefficient (Wildman–Crippen LogP) is 0.970. The molecule has 0 radical (unpaired) electrons. The summed E-state index contributed by atoms with van der Waals surface area (Å²) >= 11 is 0. The van der Waals surface area contributed by atoms with E-state index in [-0.39, 0.29) is 5.54 Å². The Hall–Kier alpha value is -0.910. The van der Waals surface area contributed by atoms with Gasteiger partial charge in [0.2, 0.25) is 0 Å². The monoisotopic (exact) mass is 252 g/mol. The third-order valence-electron chi connectivity index (χ3n) is 3.43. The molecule has 2 N–H and O–H groups in total. The van der Waals surface area contributed by atoms with Crippen LogP contribution in [0.15, 0.2) is 12.5 Å². The minimum absolute atomic E-state index is 0.351. The molecule has 2 rings (SSSR count). The summed E-state index contributed by atoms with van der Waals surface area (Å²) in [6.07, 6.45) is 3.75. The zero-order chi connectivity index (χ0) is 13.2. The second-order valence-electron chi connectivity index (χ2n) is 5.67. The van der Waals surface area contributed by atoms with Crippen LogP contribution in [-0.2, 0) is 10.3 Å². The van der Waals surface area contributed by atoms with E-state index >= 15 is 0 Å². The molecule has 1 aromatic rings. The van der Waals surface area contributed by atoms with Crippen LogP contribution in [-0.4, -0.2) is 47.3 Å². The van der Waals surface area contributed by atoms with E-state index in [4.69, 9.17) is 10.5 Å². The van der Waals surface area contributed by atoms with Gasteiger partial charge in [-0.3, -0.25) is 4.90 Å². The molecule has 1 atom stereocenters. The molecule has 1 unspecified atom stereocenters. The Morgan fingerprint density at radius 1 is 1.44 bits per heavy atom. The lowest BCUT2D eigenvalue weighted by atomic mass is 10.0. The number of imidazole rings is 1. The summed E-state index contributed by atoms with van der Waals surface area (Å²) in [5, 5.41) is 0. The number of nitrogens with zero attached hydrogens (tertiary/aromatic N) is 3. The van der Waals surface area contributed by atoms with Crippen LogP contribution in [0.4, 0.5) is 0 Å².